The van der Waals surface area contributed by atoms with Gasteiger partial charge in [-0.25, -0.2) is 17.2 Å². The molecule has 0 bridgehead atoms. The van der Waals surface area contributed by atoms with Crippen LogP contribution >= 0.6 is 0 Å². The maximum atomic E-state index is 14.0. The summed E-state index contributed by atoms with van der Waals surface area (Å²) in [5, 5.41) is 3.89. The van der Waals surface area contributed by atoms with Crippen LogP contribution in [0.2, 0.25) is 0 Å². The minimum atomic E-state index is -4.27. The van der Waals surface area contributed by atoms with Gasteiger partial charge in [-0.05, 0) is 36.4 Å². The Hall–Kier alpha value is -3.09. The van der Waals surface area contributed by atoms with Crippen LogP contribution in [-0.2, 0) is 23.2 Å². The van der Waals surface area contributed by atoms with Crippen molar-refractivity contribution in [2.45, 2.75) is 18.0 Å². The summed E-state index contributed by atoms with van der Waals surface area (Å²) in [5.74, 6) is -0.126. The second-order valence-corrected chi connectivity index (χ2v) is 9.17. The number of nitrogens with zero attached hydrogens (tertiary/aromatic N) is 4. The molecule has 9 nitrogen and oxygen atoms in total. The van der Waals surface area contributed by atoms with E-state index in [1.807, 2.05) is 4.90 Å². The number of rotatable bonds is 8. The van der Waals surface area contributed by atoms with E-state index in [4.69, 9.17) is 14.0 Å². The lowest BCUT2D eigenvalue weighted by Gasteiger charge is -2.33. The second-order valence-electron chi connectivity index (χ2n) is 7.30. The van der Waals surface area contributed by atoms with Gasteiger partial charge in [0.15, 0.2) is 11.5 Å². The van der Waals surface area contributed by atoms with Crippen LogP contribution in [0, 0.1) is 11.6 Å². The van der Waals surface area contributed by atoms with Crippen LogP contribution in [0.15, 0.2) is 51.9 Å². The molecule has 12 heteroatoms. The van der Waals surface area contributed by atoms with Gasteiger partial charge >= 0.3 is 0 Å². The molecule has 33 heavy (non-hydrogen) atoms. The summed E-state index contributed by atoms with van der Waals surface area (Å²) in [4.78, 5) is 5.29. The Balaban J connectivity index is 1.30. The van der Waals surface area contributed by atoms with Gasteiger partial charge in [0.1, 0.15) is 23.1 Å². The first-order valence-corrected chi connectivity index (χ1v) is 11.6. The minimum Gasteiger partial charge on any atom is -0.497 e. The van der Waals surface area contributed by atoms with E-state index in [1.54, 1.807) is 31.4 Å². The van der Waals surface area contributed by atoms with Crippen LogP contribution in [0.4, 0.5) is 8.78 Å². The highest BCUT2D eigenvalue weighted by molar-refractivity contribution is 7.89. The average molecular weight is 480 g/mol. The van der Waals surface area contributed by atoms with Crippen molar-refractivity contribution >= 4 is 10.0 Å². The number of hydrogen-bond acceptors (Lipinski definition) is 8. The molecule has 1 aliphatic heterocycles. The first kappa shape index (κ1) is 23.1. The third-order valence-corrected chi connectivity index (χ3v) is 7.10. The highest BCUT2D eigenvalue weighted by Crippen LogP contribution is 2.24. The predicted molar refractivity (Wildman–Crippen MR) is 112 cm³/mol. The highest BCUT2D eigenvalue weighted by Gasteiger charge is 2.33. The molecule has 2 heterocycles. The maximum absolute atomic E-state index is 14.0. The van der Waals surface area contributed by atoms with Crippen molar-refractivity contribution in [3.63, 3.8) is 0 Å². The first-order valence-electron chi connectivity index (χ1n) is 10.1. The Bertz CT molecular complexity index is 1180. The van der Waals surface area contributed by atoms with Crippen LogP contribution < -0.4 is 9.47 Å². The van der Waals surface area contributed by atoms with Crippen molar-refractivity contribution < 1.29 is 31.2 Å². The van der Waals surface area contributed by atoms with Crippen LogP contribution in [0.25, 0.3) is 0 Å². The van der Waals surface area contributed by atoms with Crippen LogP contribution in [-0.4, -0.2) is 61.1 Å². The average Bonchev–Trinajstić information content (AvgIpc) is 3.25. The smallest absolute Gasteiger partial charge is 0.249 e. The van der Waals surface area contributed by atoms with Gasteiger partial charge in [-0.3, -0.25) is 4.90 Å². The lowest BCUT2D eigenvalue weighted by atomic mass is 10.3. The summed E-state index contributed by atoms with van der Waals surface area (Å²) in [7, 11) is -2.69. The predicted octanol–water partition coefficient (Wildman–Crippen LogP) is 2.44. The Morgan fingerprint density at radius 2 is 1.64 bits per heavy atom. The van der Waals surface area contributed by atoms with Gasteiger partial charge in [0.2, 0.25) is 21.7 Å². The molecule has 1 saturated heterocycles. The molecule has 0 N–H and O–H groups in total. The summed E-state index contributed by atoms with van der Waals surface area (Å²) in [6, 6.07) is 10.1. The summed E-state index contributed by atoms with van der Waals surface area (Å²) in [6.07, 6.45) is 0. The van der Waals surface area contributed by atoms with Crippen molar-refractivity contribution in [3.05, 3.63) is 65.8 Å². The van der Waals surface area contributed by atoms with E-state index in [9.17, 15) is 17.2 Å². The fourth-order valence-electron chi connectivity index (χ4n) is 3.41. The number of piperazine rings is 1. The van der Waals surface area contributed by atoms with Gasteiger partial charge in [-0.15, -0.1) is 0 Å². The molecule has 4 rings (SSSR count). The number of sulfonamides is 1. The topological polar surface area (TPSA) is 98.0 Å². The van der Waals surface area contributed by atoms with E-state index >= 15 is 0 Å². The van der Waals surface area contributed by atoms with E-state index in [-0.39, 0.29) is 19.7 Å². The molecule has 176 valence electrons. The molecule has 0 aliphatic carbocycles. The van der Waals surface area contributed by atoms with Crippen LogP contribution in [0.3, 0.4) is 0 Å². The third-order valence-electron chi connectivity index (χ3n) is 5.14. The normalized spacial score (nSPS) is 15.5. The lowest BCUT2D eigenvalue weighted by molar-refractivity contribution is 0.163. The number of hydrogen-bond donors (Lipinski definition) is 0. The van der Waals surface area contributed by atoms with Gasteiger partial charge in [-0.2, -0.15) is 9.29 Å². The molecule has 0 amide bonds. The van der Waals surface area contributed by atoms with Crippen molar-refractivity contribution in [2.75, 3.05) is 33.3 Å². The molecule has 0 saturated carbocycles. The van der Waals surface area contributed by atoms with Crippen molar-refractivity contribution in [2.24, 2.45) is 0 Å². The number of halogens is 2. The fourth-order valence-corrected chi connectivity index (χ4v) is 4.94. The molecule has 0 atom stereocenters. The monoisotopic (exact) mass is 480 g/mol. The Labute approximate surface area is 189 Å². The molecule has 3 aromatic rings. The zero-order valence-electron chi connectivity index (χ0n) is 17.8. The van der Waals surface area contributed by atoms with E-state index in [2.05, 4.69) is 10.1 Å². The second kappa shape index (κ2) is 9.81. The molecule has 0 spiro atoms. The quantitative estimate of drug-likeness (QED) is 0.485. The molecule has 1 fully saturated rings. The number of benzene rings is 2. The van der Waals surface area contributed by atoms with E-state index in [0.29, 0.717) is 37.1 Å². The van der Waals surface area contributed by atoms with Gasteiger partial charge in [0.05, 0.1) is 13.7 Å². The molecule has 0 radical (unpaired) electrons. The number of aromatic nitrogens is 2. The van der Waals surface area contributed by atoms with Crippen LogP contribution in [0.5, 0.6) is 11.5 Å². The molecule has 1 aliphatic rings. The standard InChI is InChI=1S/C21H22F2N4O5S/c1-30-15-5-7-16(8-6-15)31-14-19-24-20(32-25-19)13-26-9-11-27(12-10-26)33(28,29)21-17(22)3-2-4-18(21)23/h2-8H,9-14H2,1H3. The zero-order chi connectivity index (χ0) is 23.4. The summed E-state index contributed by atoms with van der Waals surface area (Å²) >= 11 is 0. The van der Waals surface area contributed by atoms with E-state index in [1.165, 1.54) is 0 Å². The largest absolute Gasteiger partial charge is 0.497 e. The van der Waals surface area contributed by atoms with Gasteiger partial charge in [0.25, 0.3) is 0 Å². The van der Waals surface area contributed by atoms with Gasteiger partial charge in [-0.1, -0.05) is 11.2 Å². The summed E-state index contributed by atoms with van der Waals surface area (Å²) < 4.78 is 70.4. The van der Waals surface area contributed by atoms with Gasteiger partial charge in [0, 0.05) is 26.2 Å². The Kier molecular flexibility index (Phi) is 6.86. The van der Waals surface area contributed by atoms with E-state index < -0.39 is 26.6 Å². The number of methoxy groups -OCH3 is 1. The van der Waals surface area contributed by atoms with Crippen molar-refractivity contribution in [1.82, 2.24) is 19.3 Å². The molecular formula is C21H22F2N4O5S. The first-order chi connectivity index (χ1) is 15.9. The number of ether oxygens (including phenoxy) is 2. The SMILES string of the molecule is COc1ccc(OCc2noc(CN3CCN(S(=O)(=O)c4c(F)cccc4F)CC3)n2)cc1. The summed E-state index contributed by atoms with van der Waals surface area (Å²) in [5.41, 5.74) is 0. The lowest BCUT2D eigenvalue weighted by Crippen LogP contribution is -2.48. The molecule has 2 aromatic carbocycles. The van der Waals surface area contributed by atoms with E-state index in [0.717, 1.165) is 28.3 Å². The Morgan fingerprint density at radius 1 is 1.00 bits per heavy atom. The zero-order valence-corrected chi connectivity index (χ0v) is 18.6. The fraction of sp³-hybridized carbons (Fsp3) is 0.333. The Morgan fingerprint density at radius 3 is 2.27 bits per heavy atom. The molecular weight excluding hydrogens is 458 g/mol. The van der Waals surface area contributed by atoms with Crippen LogP contribution in [0.1, 0.15) is 11.7 Å². The molecule has 1 aromatic heterocycles. The highest BCUT2D eigenvalue weighted by atomic mass is 32.2. The molecule has 0 unspecified atom stereocenters. The minimum absolute atomic E-state index is 0.0810. The van der Waals surface area contributed by atoms with Gasteiger partial charge < -0.3 is 14.0 Å². The third kappa shape index (κ3) is 5.29. The summed E-state index contributed by atoms with van der Waals surface area (Å²) in [6.45, 7) is 1.29. The maximum Gasteiger partial charge on any atom is 0.249 e. The van der Waals surface area contributed by atoms with Crippen molar-refractivity contribution in [3.8, 4) is 11.5 Å². The van der Waals surface area contributed by atoms with Crippen molar-refractivity contribution in [1.29, 1.82) is 0 Å².